The number of hydrogen-bond acceptors (Lipinski definition) is 3. The Balaban J connectivity index is 2.26. The van der Waals surface area contributed by atoms with Crippen molar-refractivity contribution in [2.75, 3.05) is 19.6 Å². The van der Waals surface area contributed by atoms with E-state index in [1.165, 1.54) is 0 Å². The molecule has 1 aliphatic heterocycles. The van der Waals surface area contributed by atoms with Crippen LogP contribution in [0.25, 0.3) is 0 Å². The van der Waals surface area contributed by atoms with Crippen LogP contribution in [-0.4, -0.2) is 48.4 Å². The van der Waals surface area contributed by atoms with Crippen molar-refractivity contribution < 1.29 is 9.59 Å². The molecule has 2 amide bonds. The zero-order valence-electron chi connectivity index (χ0n) is 12.5. The van der Waals surface area contributed by atoms with Gasteiger partial charge in [0.15, 0.2) is 0 Å². The van der Waals surface area contributed by atoms with Gasteiger partial charge in [-0.05, 0) is 12.8 Å². The minimum absolute atomic E-state index is 0.0438. The monoisotopic (exact) mass is 269 g/mol. The molecule has 1 fully saturated rings. The molecule has 0 aromatic rings. The van der Waals surface area contributed by atoms with Crippen LogP contribution in [0.1, 0.15) is 40.5 Å². The van der Waals surface area contributed by atoms with E-state index in [9.17, 15) is 9.59 Å². The molecule has 0 atom stereocenters. The first-order chi connectivity index (χ1) is 8.90. The minimum Gasteiger partial charge on any atom is -0.352 e. The molecule has 0 radical (unpaired) electrons. The number of likely N-dealkylation sites (tertiary alicyclic amines) is 1. The van der Waals surface area contributed by atoms with Crippen molar-refractivity contribution in [3.05, 3.63) is 0 Å². The van der Waals surface area contributed by atoms with Crippen molar-refractivity contribution in [1.82, 2.24) is 15.5 Å². The number of piperidine rings is 1. The first-order valence-corrected chi connectivity index (χ1v) is 7.21. The summed E-state index contributed by atoms with van der Waals surface area (Å²) in [5.74, 6) is 0.315. The number of carbonyl (C=O) groups is 2. The van der Waals surface area contributed by atoms with E-state index < -0.39 is 0 Å². The number of hydrogen-bond donors (Lipinski definition) is 2. The number of amides is 2. The Morgan fingerprint density at radius 3 is 2.21 bits per heavy atom. The molecule has 1 heterocycles. The maximum absolute atomic E-state index is 11.8. The Bertz CT molecular complexity index is 308. The molecule has 1 aliphatic rings. The van der Waals surface area contributed by atoms with Gasteiger partial charge in [-0.25, -0.2) is 0 Å². The van der Waals surface area contributed by atoms with Crippen LogP contribution in [0.2, 0.25) is 0 Å². The molecule has 1 saturated heterocycles. The molecule has 0 aromatic heterocycles. The predicted molar refractivity (Wildman–Crippen MR) is 75.7 cm³/mol. The zero-order valence-corrected chi connectivity index (χ0v) is 12.5. The van der Waals surface area contributed by atoms with Crippen molar-refractivity contribution in [3.8, 4) is 0 Å². The standard InChI is InChI=1S/C14H27N3O2/c1-10(2)14(19)17-7-5-12(6-8-17)16-13(18)9-15-11(3)4/h10-12,15H,5-9H2,1-4H3,(H,16,18). The molecule has 0 spiro atoms. The van der Waals surface area contributed by atoms with Crippen LogP contribution in [0, 0.1) is 5.92 Å². The van der Waals surface area contributed by atoms with Gasteiger partial charge in [-0.3, -0.25) is 9.59 Å². The van der Waals surface area contributed by atoms with Gasteiger partial charge in [-0.1, -0.05) is 27.7 Å². The quantitative estimate of drug-likeness (QED) is 0.774. The molecule has 2 N–H and O–H groups in total. The summed E-state index contributed by atoms with van der Waals surface area (Å²) in [6, 6.07) is 0.522. The summed E-state index contributed by atoms with van der Waals surface area (Å²) in [6.07, 6.45) is 1.71. The fourth-order valence-corrected chi connectivity index (χ4v) is 2.18. The Morgan fingerprint density at radius 1 is 1.16 bits per heavy atom. The summed E-state index contributed by atoms with van der Waals surface area (Å²) in [6.45, 7) is 9.75. The lowest BCUT2D eigenvalue weighted by atomic mass is 10.0. The SMILES string of the molecule is CC(C)NCC(=O)NC1CCN(C(=O)C(C)C)CC1. The second kappa shape index (κ2) is 7.48. The first kappa shape index (κ1) is 16.0. The van der Waals surface area contributed by atoms with Crippen molar-refractivity contribution in [1.29, 1.82) is 0 Å². The maximum atomic E-state index is 11.8. The number of nitrogens with zero attached hydrogens (tertiary/aromatic N) is 1. The van der Waals surface area contributed by atoms with Gasteiger partial charge in [-0.15, -0.1) is 0 Å². The van der Waals surface area contributed by atoms with Crippen molar-refractivity contribution in [2.45, 2.75) is 52.6 Å². The Kier molecular flexibility index (Phi) is 6.28. The molecule has 19 heavy (non-hydrogen) atoms. The summed E-state index contributed by atoms with van der Waals surface area (Å²) in [7, 11) is 0. The summed E-state index contributed by atoms with van der Waals surface area (Å²) in [5, 5.41) is 6.12. The summed E-state index contributed by atoms with van der Waals surface area (Å²) < 4.78 is 0. The van der Waals surface area contributed by atoms with Crippen molar-refractivity contribution in [3.63, 3.8) is 0 Å². The fourth-order valence-electron chi connectivity index (χ4n) is 2.18. The van der Waals surface area contributed by atoms with Gasteiger partial charge < -0.3 is 15.5 Å². The van der Waals surface area contributed by atoms with Gasteiger partial charge >= 0.3 is 0 Å². The van der Waals surface area contributed by atoms with Crippen LogP contribution in [0.3, 0.4) is 0 Å². The summed E-state index contributed by atoms with van der Waals surface area (Å²) in [5.41, 5.74) is 0. The summed E-state index contributed by atoms with van der Waals surface area (Å²) >= 11 is 0. The lowest BCUT2D eigenvalue weighted by Gasteiger charge is -2.33. The highest BCUT2D eigenvalue weighted by molar-refractivity contribution is 5.79. The average molecular weight is 269 g/mol. The smallest absolute Gasteiger partial charge is 0.234 e. The topological polar surface area (TPSA) is 61.4 Å². The third-order valence-corrected chi connectivity index (χ3v) is 3.34. The molecular weight excluding hydrogens is 242 g/mol. The predicted octanol–water partition coefficient (Wildman–Crippen LogP) is 0.748. The molecule has 110 valence electrons. The lowest BCUT2D eigenvalue weighted by molar-refractivity contribution is -0.135. The molecule has 1 rings (SSSR count). The van der Waals surface area contributed by atoms with E-state index in [0.29, 0.717) is 12.6 Å². The molecule has 0 aliphatic carbocycles. The van der Waals surface area contributed by atoms with E-state index in [1.807, 2.05) is 32.6 Å². The van der Waals surface area contributed by atoms with Gasteiger partial charge in [0.1, 0.15) is 0 Å². The van der Waals surface area contributed by atoms with Crippen LogP contribution >= 0.6 is 0 Å². The fraction of sp³-hybridized carbons (Fsp3) is 0.857. The van der Waals surface area contributed by atoms with E-state index in [0.717, 1.165) is 25.9 Å². The zero-order chi connectivity index (χ0) is 14.4. The average Bonchev–Trinajstić information content (AvgIpc) is 2.36. The van der Waals surface area contributed by atoms with E-state index >= 15 is 0 Å². The van der Waals surface area contributed by atoms with Gasteiger partial charge in [0.2, 0.25) is 11.8 Å². The second-order valence-corrected chi connectivity index (χ2v) is 5.86. The van der Waals surface area contributed by atoms with Crippen LogP contribution in [0.15, 0.2) is 0 Å². The lowest BCUT2D eigenvalue weighted by Crippen LogP contribution is -2.49. The van der Waals surface area contributed by atoms with Gasteiger partial charge in [0.05, 0.1) is 6.54 Å². The van der Waals surface area contributed by atoms with Crippen molar-refractivity contribution in [2.24, 2.45) is 5.92 Å². The molecule has 0 aromatic carbocycles. The number of nitrogens with one attached hydrogen (secondary N) is 2. The van der Waals surface area contributed by atoms with Crippen LogP contribution in [-0.2, 0) is 9.59 Å². The van der Waals surface area contributed by atoms with Gasteiger partial charge in [0.25, 0.3) is 0 Å². The molecular formula is C14H27N3O2. The third kappa shape index (κ3) is 5.59. The highest BCUT2D eigenvalue weighted by Crippen LogP contribution is 2.13. The van der Waals surface area contributed by atoms with Crippen LogP contribution in [0.5, 0.6) is 0 Å². The van der Waals surface area contributed by atoms with Crippen LogP contribution < -0.4 is 10.6 Å². The van der Waals surface area contributed by atoms with Crippen LogP contribution in [0.4, 0.5) is 0 Å². The maximum Gasteiger partial charge on any atom is 0.234 e. The Morgan fingerprint density at radius 2 is 1.74 bits per heavy atom. The Labute approximate surface area is 116 Å². The normalized spacial score (nSPS) is 17.1. The Hall–Kier alpha value is -1.10. The molecule has 5 nitrogen and oxygen atoms in total. The van der Waals surface area contributed by atoms with E-state index in [2.05, 4.69) is 10.6 Å². The first-order valence-electron chi connectivity index (χ1n) is 7.21. The van der Waals surface area contributed by atoms with E-state index in [1.54, 1.807) is 0 Å². The molecule has 0 unspecified atom stereocenters. The summed E-state index contributed by atoms with van der Waals surface area (Å²) in [4.78, 5) is 25.4. The minimum atomic E-state index is 0.0438. The van der Waals surface area contributed by atoms with Gasteiger partial charge in [0, 0.05) is 31.1 Å². The second-order valence-electron chi connectivity index (χ2n) is 5.86. The molecule has 0 saturated carbocycles. The number of rotatable bonds is 5. The number of carbonyl (C=O) groups excluding carboxylic acids is 2. The highest BCUT2D eigenvalue weighted by atomic mass is 16.2. The molecule has 5 heteroatoms. The van der Waals surface area contributed by atoms with Crippen molar-refractivity contribution >= 4 is 11.8 Å². The van der Waals surface area contributed by atoms with E-state index in [-0.39, 0.29) is 23.8 Å². The van der Waals surface area contributed by atoms with E-state index in [4.69, 9.17) is 0 Å². The molecule has 0 bridgehead atoms. The van der Waals surface area contributed by atoms with Gasteiger partial charge in [-0.2, -0.15) is 0 Å². The largest absolute Gasteiger partial charge is 0.352 e. The highest BCUT2D eigenvalue weighted by Gasteiger charge is 2.24. The third-order valence-electron chi connectivity index (χ3n) is 3.34.